The van der Waals surface area contributed by atoms with E-state index in [9.17, 15) is 19.2 Å². The molecule has 3 amide bonds. The molecule has 3 aromatic carbocycles. The standard InChI is InChI=1S/C31H36N4O5/c1-22(2)18-27(34-31(39)40-21-25-16-10-5-11-17-25)29(37)33-26(19-23-12-6-3-7-13-23)28(36)30(38)35-32-20-24-14-8-4-9-15-24/h3-17,22,26-27,32H,18-21H2,1-2H3,(H,33,37)(H,34,39)(H,35,38)/t26-,27-/m0/s1. The fourth-order valence-electron chi connectivity index (χ4n) is 3.98. The lowest BCUT2D eigenvalue weighted by atomic mass is 9.99. The maximum Gasteiger partial charge on any atom is 0.408 e. The second-order valence-corrected chi connectivity index (χ2v) is 9.80. The highest BCUT2D eigenvalue weighted by Gasteiger charge is 2.31. The lowest BCUT2D eigenvalue weighted by Gasteiger charge is -2.24. The monoisotopic (exact) mass is 544 g/mol. The Morgan fingerprint density at radius 1 is 0.700 bits per heavy atom. The van der Waals surface area contributed by atoms with Crippen molar-refractivity contribution in [2.24, 2.45) is 5.92 Å². The fourth-order valence-corrected chi connectivity index (χ4v) is 3.98. The average Bonchev–Trinajstić information content (AvgIpc) is 2.96. The molecule has 3 rings (SSSR count). The Kier molecular flexibility index (Phi) is 11.9. The maximum atomic E-state index is 13.3. The van der Waals surface area contributed by atoms with E-state index in [1.54, 1.807) is 0 Å². The molecule has 0 aliphatic carbocycles. The van der Waals surface area contributed by atoms with Crippen LogP contribution in [-0.4, -0.2) is 35.8 Å². The van der Waals surface area contributed by atoms with Crippen LogP contribution >= 0.6 is 0 Å². The molecule has 0 radical (unpaired) electrons. The van der Waals surface area contributed by atoms with Gasteiger partial charge in [0.2, 0.25) is 11.7 Å². The number of carbonyl (C=O) groups is 4. The molecule has 0 bridgehead atoms. The molecule has 0 unspecified atom stereocenters. The number of carbonyl (C=O) groups excluding carboxylic acids is 4. The predicted octanol–water partition coefficient (Wildman–Crippen LogP) is 3.45. The van der Waals surface area contributed by atoms with Crippen molar-refractivity contribution in [3.63, 3.8) is 0 Å². The molecule has 9 nitrogen and oxygen atoms in total. The van der Waals surface area contributed by atoms with Gasteiger partial charge in [0.25, 0.3) is 0 Å². The van der Waals surface area contributed by atoms with E-state index in [-0.39, 0.29) is 18.9 Å². The number of rotatable bonds is 14. The predicted molar refractivity (Wildman–Crippen MR) is 152 cm³/mol. The van der Waals surface area contributed by atoms with Crippen molar-refractivity contribution in [3.05, 3.63) is 108 Å². The first-order valence-corrected chi connectivity index (χ1v) is 13.2. The smallest absolute Gasteiger partial charge is 0.408 e. The van der Waals surface area contributed by atoms with Gasteiger partial charge in [-0.25, -0.2) is 10.2 Å². The molecule has 0 saturated heterocycles. The number of amides is 3. The molecule has 0 fully saturated rings. The number of benzene rings is 3. The SMILES string of the molecule is CC(C)C[C@H](NC(=O)OCc1ccccc1)C(=O)N[C@@H](Cc1ccccc1)C(=O)C(=O)NNCc1ccccc1. The van der Waals surface area contributed by atoms with E-state index >= 15 is 0 Å². The van der Waals surface area contributed by atoms with Gasteiger partial charge in [-0.3, -0.25) is 19.8 Å². The van der Waals surface area contributed by atoms with E-state index in [2.05, 4.69) is 21.5 Å². The Morgan fingerprint density at radius 2 is 1.25 bits per heavy atom. The van der Waals surface area contributed by atoms with Crippen LogP contribution in [0.5, 0.6) is 0 Å². The molecule has 9 heteroatoms. The first kappa shape index (κ1) is 30.0. The zero-order valence-corrected chi connectivity index (χ0v) is 22.8. The van der Waals surface area contributed by atoms with Gasteiger partial charge < -0.3 is 15.4 Å². The third kappa shape index (κ3) is 10.3. The fraction of sp³-hybridized carbons (Fsp3) is 0.290. The number of nitrogens with one attached hydrogen (secondary N) is 4. The van der Waals surface area contributed by atoms with Crippen molar-refractivity contribution >= 4 is 23.7 Å². The van der Waals surface area contributed by atoms with Crippen LogP contribution in [0.25, 0.3) is 0 Å². The third-order valence-corrected chi connectivity index (χ3v) is 6.01. The zero-order valence-electron chi connectivity index (χ0n) is 22.8. The van der Waals surface area contributed by atoms with Crippen molar-refractivity contribution in [2.45, 2.75) is 51.9 Å². The number of hydrogen-bond acceptors (Lipinski definition) is 6. The Bertz CT molecular complexity index is 1240. The Hall–Kier alpha value is -4.50. The van der Waals surface area contributed by atoms with E-state index in [0.717, 1.165) is 16.7 Å². The van der Waals surface area contributed by atoms with Crippen LogP contribution in [0, 0.1) is 5.92 Å². The van der Waals surface area contributed by atoms with E-state index in [1.165, 1.54) is 0 Å². The van der Waals surface area contributed by atoms with Gasteiger partial charge in [0, 0.05) is 13.0 Å². The van der Waals surface area contributed by atoms with Gasteiger partial charge in [0.05, 0.1) is 0 Å². The topological polar surface area (TPSA) is 126 Å². The van der Waals surface area contributed by atoms with Crippen molar-refractivity contribution < 1.29 is 23.9 Å². The summed E-state index contributed by atoms with van der Waals surface area (Å²) in [6, 6.07) is 25.5. The van der Waals surface area contributed by atoms with Crippen molar-refractivity contribution in [1.82, 2.24) is 21.5 Å². The second kappa shape index (κ2) is 15.8. The number of ketones is 1. The van der Waals surface area contributed by atoms with Gasteiger partial charge in [0.15, 0.2) is 0 Å². The molecular weight excluding hydrogens is 508 g/mol. The number of ether oxygens (including phenoxy) is 1. The Balaban J connectivity index is 1.65. The first-order chi connectivity index (χ1) is 19.3. The van der Waals surface area contributed by atoms with Crippen LogP contribution < -0.4 is 21.5 Å². The van der Waals surface area contributed by atoms with Crippen molar-refractivity contribution in [2.75, 3.05) is 0 Å². The largest absolute Gasteiger partial charge is 0.445 e. The molecule has 0 aliphatic rings. The molecule has 2 atom stereocenters. The van der Waals surface area contributed by atoms with Crippen molar-refractivity contribution in [3.8, 4) is 0 Å². The summed E-state index contributed by atoms with van der Waals surface area (Å²) < 4.78 is 5.29. The summed E-state index contributed by atoms with van der Waals surface area (Å²) in [7, 11) is 0. The normalized spacial score (nSPS) is 12.2. The number of Topliss-reactive ketones (excluding diaryl/α,β-unsaturated/α-hetero) is 1. The quantitative estimate of drug-likeness (QED) is 0.182. The minimum atomic E-state index is -1.15. The summed E-state index contributed by atoms with van der Waals surface area (Å²) in [5, 5.41) is 5.30. The molecular formula is C31H36N4O5. The zero-order chi connectivity index (χ0) is 28.7. The van der Waals surface area contributed by atoms with E-state index in [1.807, 2.05) is 105 Å². The van der Waals surface area contributed by atoms with Gasteiger partial charge >= 0.3 is 12.0 Å². The Labute approximate surface area is 234 Å². The summed E-state index contributed by atoms with van der Waals surface area (Å²) in [5.74, 6) is -2.22. The number of hydrazine groups is 1. The summed E-state index contributed by atoms with van der Waals surface area (Å²) in [4.78, 5) is 51.7. The van der Waals surface area contributed by atoms with Gasteiger partial charge in [-0.15, -0.1) is 0 Å². The van der Waals surface area contributed by atoms with E-state index < -0.39 is 35.8 Å². The summed E-state index contributed by atoms with van der Waals surface area (Å²) in [6.45, 7) is 4.19. The highest BCUT2D eigenvalue weighted by Crippen LogP contribution is 2.09. The second-order valence-electron chi connectivity index (χ2n) is 9.80. The summed E-state index contributed by atoms with van der Waals surface area (Å²) in [5.41, 5.74) is 7.66. The highest BCUT2D eigenvalue weighted by atomic mass is 16.5. The number of hydrogen-bond donors (Lipinski definition) is 4. The van der Waals surface area contributed by atoms with Crippen LogP contribution in [-0.2, 0) is 38.7 Å². The molecule has 40 heavy (non-hydrogen) atoms. The molecule has 3 aromatic rings. The highest BCUT2D eigenvalue weighted by molar-refractivity contribution is 6.38. The molecule has 0 aromatic heterocycles. The lowest BCUT2D eigenvalue weighted by molar-refractivity contribution is -0.140. The molecule has 0 aliphatic heterocycles. The van der Waals surface area contributed by atoms with E-state index in [0.29, 0.717) is 13.0 Å². The van der Waals surface area contributed by atoms with Crippen LogP contribution in [0.4, 0.5) is 4.79 Å². The van der Waals surface area contributed by atoms with Crippen LogP contribution in [0.3, 0.4) is 0 Å². The molecule has 0 saturated carbocycles. The van der Waals surface area contributed by atoms with Crippen LogP contribution in [0.15, 0.2) is 91.0 Å². The van der Waals surface area contributed by atoms with Gasteiger partial charge in [-0.2, -0.15) is 0 Å². The minimum absolute atomic E-state index is 0.0496. The van der Waals surface area contributed by atoms with Gasteiger partial charge in [0.1, 0.15) is 18.7 Å². The lowest BCUT2D eigenvalue weighted by Crippen LogP contribution is -2.55. The van der Waals surface area contributed by atoms with E-state index in [4.69, 9.17) is 4.74 Å². The summed E-state index contributed by atoms with van der Waals surface area (Å²) in [6.07, 6.45) is -0.341. The van der Waals surface area contributed by atoms with Gasteiger partial charge in [-0.05, 0) is 29.0 Å². The number of alkyl carbamates (subject to hydrolysis) is 1. The third-order valence-electron chi connectivity index (χ3n) is 6.01. The average molecular weight is 545 g/mol. The maximum absolute atomic E-state index is 13.3. The van der Waals surface area contributed by atoms with Crippen LogP contribution in [0.1, 0.15) is 37.0 Å². The first-order valence-electron chi connectivity index (χ1n) is 13.2. The molecule has 210 valence electrons. The van der Waals surface area contributed by atoms with Crippen LogP contribution in [0.2, 0.25) is 0 Å². The minimum Gasteiger partial charge on any atom is -0.445 e. The van der Waals surface area contributed by atoms with Gasteiger partial charge in [-0.1, -0.05) is 105 Å². The molecule has 0 heterocycles. The summed E-state index contributed by atoms with van der Waals surface area (Å²) >= 11 is 0. The van der Waals surface area contributed by atoms with Crippen molar-refractivity contribution in [1.29, 1.82) is 0 Å². The molecule has 0 spiro atoms. The molecule has 4 N–H and O–H groups in total. The Morgan fingerprint density at radius 3 is 1.82 bits per heavy atom.